The normalized spacial score (nSPS) is 12.2. The Hall–Kier alpha value is -0.780. The molecule has 1 aromatic rings. The van der Waals surface area contributed by atoms with Gasteiger partial charge in [0.05, 0.1) is 11.1 Å². The molecule has 17 heavy (non-hydrogen) atoms. The zero-order valence-electron chi connectivity index (χ0n) is 9.37. The van der Waals surface area contributed by atoms with Gasteiger partial charge in [-0.15, -0.1) is 0 Å². The van der Waals surface area contributed by atoms with Crippen molar-refractivity contribution in [3.63, 3.8) is 0 Å². The molecule has 6 heteroatoms. The standard InChI is InChI=1S/C11H14BrClN2O2/c1-7(11(14)15)16-4-5-17-10-3-2-8(13)6-9(10)12/h2-3,6-7H,4-5H2,1H3,(H3,14,15). The van der Waals surface area contributed by atoms with E-state index in [2.05, 4.69) is 15.9 Å². The second-order valence-corrected chi connectivity index (χ2v) is 4.68. The first kappa shape index (κ1) is 14.3. The van der Waals surface area contributed by atoms with Crippen LogP contribution in [0.3, 0.4) is 0 Å². The molecule has 1 rings (SSSR count). The highest BCUT2D eigenvalue weighted by Gasteiger charge is 2.05. The van der Waals surface area contributed by atoms with Crippen LogP contribution in [0.5, 0.6) is 5.75 Å². The average Bonchev–Trinajstić information content (AvgIpc) is 2.26. The van der Waals surface area contributed by atoms with Crippen molar-refractivity contribution >= 4 is 33.4 Å². The Morgan fingerprint density at radius 2 is 2.24 bits per heavy atom. The summed E-state index contributed by atoms with van der Waals surface area (Å²) in [6.07, 6.45) is -0.382. The van der Waals surface area contributed by atoms with Crippen molar-refractivity contribution in [1.29, 1.82) is 5.41 Å². The van der Waals surface area contributed by atoms with E-state index in [0.29, 0.717) is 24.0 Å². The first-order chi connectivity index (χ1) is 8.00. The zero-order valence-corrected chi connectivity index (χ0v) is 11.7. The Morgan fingerprint density at radius 1 is 1.53 bits per heavy atom. The van der Waals surface area contributed by atoms with E-state index in [9.17, 15) is 0 Å². The molecule has 0 spiro atoms. The molecule has 3 N–H and O–H groups in total. The third kappa shape index (κ3) is 4.93. The Bertz CT molecular complexity index is 401. The maximum atomic E-state index is 7.15. The van der Waals surface area contributed by atoms with Crippen LogP contribution in [0.1, 0.15) is 6.92 Å². The monoisotopic (exact) mass is 320 g/mol. The smallest absolute Gasteiger partial charge is 0.133 e. The van der Waals surface area contributed by atoms with E-state index >= 15 is 0 Å². The number of hydrogen-bond donors (Lipinski definition) is 2. The molecule has 0 aliphatic heterocycles. The van der Waals surface area contributed by atoms with Crippen LogP contribution in [0.4, 0.5) is 0 Å². The van der Waals surface area contributed by atoms with Crippen molar-refractivity contribution in [3.05, 3.63) is 27.7 Å². The van der Waals surface area contributed by atoms with Crippen LogP contribution < -0.4 is 10.5 Å². The van der Waals surface area contributed by atoms with E-state index in [1.54, 1.807) is 25.1 Å². The van der Waals surface area contributed by atoms with Gasteiger partial charge in [0.1, 0.15) is 24.3 Å². The number of ether oxygens (including phenoxy) is 2. The topological polar surface area (TPSA) is 68.3 Å². The lowest BCUT2D eigenvalue weighted by Gasteiger charge is -2.12. The quantitative estimate of drug-likeness (QED) is 0.481. The third-order valence-corrected chi connectivity index (χ3v) is 2.90. The summed E-state index contributed by atoms with van der Waals surface area (Å²) in [4.78, 5) is 0. The lowest BCUT2D eigenvalue weighted by Crippen LogP contribution is -2.28. The van der Waals surface area contributed by atoms with Crippen molar-refractivity contribution in [1.82, 2.24) is 0 Å². The summed E-state index contributed by atoms with van der Waals surface area (Å²) in [6, 6.07) is 5.29. The minimum Gasteiger partial charge on any atom is -0.490 e. The Kier molecular flexibility index (Phi) is 5.74. The minimum atomic E-state index is -0.382. The first-order valence-corrected chi connectivity index (χ1v) is 6.21. The molecule has 0 aliphatic carbocycles. The summed E-state index contributed by atoms with van der Waals surface area (Å²) in [5.74, 6) is 0.714. The molecule has 0 saturated heterocycles. The molecular weight excluding hydrogens is 307 g/mol. The number of nitrogens with two attached hydrogens (primary N) is 1. The summed E-state index contributed by atoms with van der Waals surface area (Å²) in [5, 5.41) is 7.79. The van der Waals surface area contributed by atoms with Gasteiger partial charge in [-0.25, -0.2) is 0 Å². The fourth-order valence-corrected chi connectivity index (χ4v) is 1.86. The molecule has 94 valence electrons. The van der Waals surface area contributed by atoms with Gasteiger partial charge in [-0.05, 0) is 41.1 Å². The van der Waals surface area contributed by atoms with Crippen molar-refractivity contribution in [3.8, 4) is 5.75 Å². The van der Waals surface area contributed by atoms with Crippen LogP contribution in [-0.4, -0.2) is 25.2 Å². The van der Waals surface area contributed by atoms with Crippen LogP contribution in [0.2, 0.25) is 5.02 Å². The lowest BCUT2D eigenvalue weighted by molar-refractivity contribution is 0.0792. The molecule has 0 aliphatic rings. The van der Waals surface area contributed by atoms with Crippen LogP contribution in [-0.2, 0) is 4.74 Å². The van der Waals surface area contributed by atoms with Gasteiger partial charge in [-0.2, -0.15) is 0 Å². The van der Waals surface area contributed by atoms with Gasteiger partial charge >= 0.3 is 0 Å². The molecule has 0 heterocycles. The fourth-order valence-electron chi connectivity index (χ4n) is 1.06. The zero-order chi connectivity index (χ0) is 12.8. The van der Waals surface area contributed by atoms with E-state index in [1.807, 2.05) is 0 Å². The summed E-state index contributed by atoms with van der Waals surface area (Å²) >= 11 is 9.15. The van der Waals surface area contributed by atoms with Gasteiger partial charge in [-0.3, -0.25) is 5.41 Å². The van der Waals surface area contributed by atoms with Crippen LogP contribution in [0, 0.1) is 5.41 Å². The summed E-state index contributed by atoms with van der Waals surface area (Å²) < 4.78 is 11.5. The van der Waals surface area contributed by atoms with Crippen molar-refractivity contribution in [2.45, 2.75) is 13.0 Å². The molecule has 0 radical (unpaired) electrons. The molecule has 0 amide bonds. The summed E-state index contributed by atoms with van der Waals surface area (Å²) in [6.45, 7) is 2.48. The number of halogens is 2. The van der Waals surface area contributed by atoms with E-state index in [0.717, 1.165) is 4.47 Å². The van der Waals surface area contributed by atoms with Gasteiger partial charge in [0, 0.05) is 5.02 Å². The molecule has 1 aromatic carbocycles. The Labute approximate surface area is 114 Å². The molecule has 1 unspecified atom stereocenters. The number of hydrogen-bond acceptors (Lipinski definition) is 3. The molecule has 0 aromatic heterocycles. The second-order valence-electron chi connectivity index (χ2n) is 3.39. The predicted molar refractivity (Wildman–Crippen MR) is 72.0 cm³/mol. The van der Waals surface area contributed by atoms with Gasteiger partial charge in [0.25, 0.3) is 0 Å². The molecule has 0 saturated carbocycles. The van der Waals surface area contributed by atoms with E-state index in [-0.39, 0.29) is 11.9 Å². The maximum Gasteiger partial charge on any atom is 0.133 e. The predicted octanol–water partition coefficient (Wildman–Crippen LogP) is 2.82. The van der Waals surface area contributed by atoms with E-state index < -0.39 is 0 Å². The SMILES string of the molecule is CC(OCCOc1ccc(Cl)cc1Br)C(=N)N. The van der Waals surface area contributed by atoms with Gasteiger partial charge < -0.3 is 15.2 Å². The van der Waals surface area contributed by atoms with Crippen LogP contribution in [0.25, 0.3) is 0 Å². The Morgan fingerprint density at radius 3 is 2.82 bits per heavy atom. The minimum absolute atomic E-state index is 0.0117. The third-order valence-electron chi connectivity index (χ3n) is 2.04. The molecule has 1 atom stereocenters. The molecule has 4 nitrogen and oxygen atoms in total. The molecule has 0 bridgehead atoms. The van der Waals surface area contributed by atoms with E-state index in [4.69, 9.17) is 32.2 Å². The highest BCUT2D eigenvalue weighted by atomic mass is 79.9. The summed E-state index contributed by atoms with van der Waals surface area (Å²) in [7, 11) is 0. The molecule has 0 fully saturated rings. The van der Waals surface area contributed by atoms with Crippen LogP contribution in [0.15, 0.2) is 22.7 Å². The largest absolute Gasteiger partial charge is 0.490 e. The maximum absolute atomic E-state index is 7.15. The van der Waals surface area contributed by atoms with Crippen molar-refractivity contribution < 1.29 is 9.47 Å². The van der Waals surface area contributed by atoms with Gasteiger partial charge in [0.15, 0.2) is 0 Å². The number of rotatable bonds is 6. The van der Waals surface area contributed by atoms with Gasteiger partial charge in [-0.1, -0.05) is 11.6 Å². The van der Waals surface area contributed by atoms with Gasteiger partial charge in [0.2, 0.25) is 0 Å². The lowest BCUT2D eigenvalue weighted by atomic mass is 10.3. The second kappa shape index (κ2) is 6.83. The van der Waals surface area contributed by atoms with Crippen LogP contribution >= 0.6 is 27.5 Å². The first-order valence-electron chi connectivity index (χ1n) is 5.04. The van der Waals surface area contributed by atoms with Crippen molar-refractivity contribution in [2.75, 3.05) is 13.2 Å². The highest BCUT2D eigenvalue weighted by Crippen LogP contribution is 2.27. The number of amidine groups is 1. The number of nitrogens with one attached hydrogen (secondary N) is 1. The number of benzene rings is 1. The van der Waals surface area contributed by atoms with Crippen molar-refractivity contribution in [2.24, 2.45) is 5.73 Å². The Balaban J connectivity index is 2.34. The summed E-state index contributed by atoms with van der Waals surface area (Å²) in [5.41, 5.74) is 5.27. The fraction of sp³-hybridized carbons (Fsp3) is 0.364. The highest BCUT2D eigenvalue weighted by molar-refractivity contribution is 9.10. The average molecular weight is 322 g/mol. The van der Waals surface area contributed by atoms with E-state index in [1.165, 1.54) is 0 Å². The molecular formula is C11H14BrClN2O2.